The summed E-state index contributed by atoms with van der Waals surface area (Å²) in [4.78, 5) is 22.9. The smallest absolute Gasteiger partial charge is 0.312 e. The summed E-state index contributed by atoms with van der Waals surface area (Å²) in [6.45, 7) is 1.90. The van der Waals surface area contributed by atoms with E-state index in [0.29, 0.717) is 12.8 Å². The van der Waals surface area contributed by atoms with Crippen molar-refractivity contribution in [1.29, 1.82) is 0 Å². The summed E-state index contributed by atoms with van der Waals surface area (Å²) in [6, 6.07) is 0. The Morgan fingerprint density at radius 1 is 1.33 bits per heavy atom. The Kier molecular flexibility index (Phi) is 4.30. The van der Waals surface area contributed by atoms with Gasteiger partial charge >= 0.3 is 11.9 Å². The van der Waals surface area contributed by atoms with Gasteiger partial charge in [-0.15, -0.1) is 0 Å². The summed E-state index contributed by atoms with van der Waals surface area (Å²) >= 11 is 0. The largest absolute Gasteiger partial charge is 0.481 e. The van der Waals surface area contributed by atoms with Crippen molar-refractivity contribution in [1.82, 2.24) is 4.31 Å². The number of methoxy groups -OCH3 is 1. The maximum absolute atomic E-state index is 12.5. The van der Waals surface area contributed by atoms with Crippen LogP contribution in [0.3, 0.4) is 0 Å². The van der Waals surface area contributed by atoms with Crippen LogP contribution in [0.1, 0.15) is 26.2 Å². The van der Waals surface area contributed by atoms with E-state index in [0.717, 1.165) is 6.42 Å². The Hall–Kier alpha value is -1.15. The molecule has 1 saturated heterocycles. The molecule has 8 heteroatoms. The van der Waals surface area contributed by atoms with Gasteiger partial charge < -0.3 is 9.84 Å². The average Bonchev–Trinajstić information content (AvgIpc) is 2.76. The first-order valence-corrected chi connectivity index (χ1v) is 8.62. The predicted molar refractivity (Wildman–Crippen MR) is 73.9 cm³/mol. The maximum atomic E-state index is 12.5. The van der Waals surface area contributed by atoms with Crippen LogP contribution in [0.15, 0.2) is 0 Å². The van der Waals surface area contributed by atoms with Crippen molar-refractivity contribution in [3.63, 3.8) is 0 Å². The number of carboxylic acids is 1. The third kappa shape index (κ3) is 2.91. The molecule has 120 valence electrons. The number of aliphatic carboxylic acids is 1. The number of carbonyl (C=O) groups excluding carboxylic acids is 1. The van der Waals surface area contributed by atoms with Gasteiger partial charge in [-0.25, -0.2) is 12.7 Å². The number of ether oxygens (including phenoxy) is 1. The van der Waals surface area contributed by atoms with Crippen molar-refractivity contribution in [3.8, 4) is 0 Å². The highest BCUT2D eigenvalue weighted by atomic mass is 32.2. The fourth-order valence-electron chi connectivity index (χ4n) is 3.14. The molecular weight excluding hydrogens is 298 g/mol. The summed E-state index contributed by atoms with van der Waals surface area (Å²) < 4.78 is 30.9. The Bertz CT molecular complexity index is 539. The number of carbonyl (C=O) groups is 2. The molecule has 1 N–H and O–H groups in total. The first-order valence-electron chi connectivity index (χ1n) is 7.01. The molecule has 2 rings (SSSR count). The third-order valence-electron chi connectivity index (χ3n) is 4.68. The van der Waals surface area contributed by atoms with Gasteiger partial charge in [-0.1, -0.05) is 13.3 Å². The molecule has 7 nitrogen and oxygen atoms in total. The van der Waals surface area contributed by atoms with E-state index in [4.69, 9.17) is 9.84 Å². The molecule has 2 aliphatic rings. The van der Waals surface area contributed by atoms with Crippen molar-refractivity contribution < 1.29 is 27.9 Å². The zero-order valence-corrected chi connectivity index (χ0v) is 13.1. The second-order valence-electron chi connectivity index (χ2n) is 6.12. The van der Waals surface area contributed by atoms with E-state index in [1.165, 1.54) is 11.4 Å². The molecule has 0 unspecified atom stereocenters. The van der Waals surface area contributed by atoms with Crippen molar-refractivity contribution >= 4 is 22.0 Å². The van der Waals surface area contributed by atoms with E-state index in [1.807, 2.05) is 0 Å². The number of esters is 1. The van der Waals surface area contributed by atoms with Crippen LogP contribution in [0.25, 0.3) is 0 Å². The van der Waals surface area contributed by atoms with Gasteiger partial charge in [-0.05, 0) is 18.8 Å². The van der Waals surface area contributed by atoms with Crippen LogP contribution in [0, 0.1) is 17.3 Å². The SMILES string of the molecule is COC(=O)C1(CS(=O)(=O)N2C[C@@H](C)[C@H](C(=O)O)C2)CCC1. The molecule has 0 spiro atoms. The van der Waals surface area contributed by atoms with Crippen LogP contribution < -0.4 is 0 Å². The molecule has 1 heterocycles. The molecule has 0 radical (unpaired) electrons. The number of carboxylic acid groups (broad SMARTS) is 1. The Morgan fingerprint density at radius 2 is 1.95 bits per heavy atom. The summed E-state index contributed by atoms with van der Waals surface area (Å²) in [5.41, 5.74) is -0.946. The fourth-order valence-corrected chi connectivity index (χ4v) is 5.28. The van der Waals surface area contributed by atoms with Gasteiger partial charge in [0.05, 0.1) is 24.2 Å². The van der Waals surface area contributed by atoms with E-state index in [2.05, 4.69) is 0 Å². The lowest BCUT2D eigenvalue weighted by Gasteiger charge is -2.39. The number of hydrogen-bond acceptors (Lipinski definition) is 5. The number of rotatable bonds is 5. The standard InChI is InChI=1S/C13H21NO6S/c1-9-6-14(7-10(9)11(15)16)21(18,19)8-13(4-3-5-13)12(17)20-2/h9-10H,3-8H2,1-2H3,(H,15,16)/t9-,10-/m1/s1. The van der Waals surface area contributed by atoms with Crippen molar-refractivity contribution in [2.24, 2.45) is 17.3 Å². The van der Waals surface area contributed by atoms with E-state index in [1.54, 1.807) is 6.92 Å². The number of nitrogens with zero attached hydrogens (tertiary/aromatic N) is 1. The van der Waals surface area contributed by atoms with E-state index < -0.39 is 33.3 Å². The highest BCUT2D eigenvalue weighted by Crippen LogP contribution is 2.44. The quantitative estimate of drug-likeness (QED) is 0.732. The monoisotopic (exact) mass is 319 g/mol. The number of hydrogen-bond donors (Lipinski definition) is 1. The van der Waals surface area contributed by atoms with Crippen LogP contribution in [-0.4, -0.2) is 55.7 Å². The topological polar surface area (TPSA) is 101 Å². The van der Waals surface area contributed by atoms with Gasteiger partial charge in [0.1, 0.15) is 0 Å². The first kappa shape index (κ1) is 16.2. The molecule has 1 aliphatic heterocycles. The lowest BCUT2D eigenvalue weighted by Crippen LogP contribution is -2.48. The molecule has 1 saturated carbocycles. The Balaban J connectivity index is 2.13. The molecule has 2 fully saturated rings. The summed E-state index contributed by atoms with van der Waals surface area (Å²) in [5.74, 6) is -2.67. The van der Waals surface area contributed by atoms with Gasteiger partial charge in [-0.2, -0.15) is 0 Å². The van der Waals surface area contributed by atoms with Gasteiger partial charge in [0.2, 0.25) is 10.0 Å². The fraction of sp³-hybridized carbons (Fsp3) is 0.846. The van der Waals surface area contributed by atoms with E-state index >= 15 is 0 Å². The lowest BCUT2D eigenvalue weighted by molar-refractivity contribution is -0.156. The summed E-state index contributed by atoms with van der Waals surface area (Å²) in [5, 5.41) is 9.09. The zero-order chi connectivity index (χ0) is 15.8. The average molecular weight is 319 g/mol. The minimum absolute atomic E-state index is 0.0178. The molecule has 0 aromatic rings. The molecule has 0 bridgehead atoms. The lowest BCUT2D eigenvalue weighted by atomic mass is 9.70. The highest BCUT2D eigenvalue weighted by molar-refractivity contribution is 7.89. The third-order valence-corrected chi connectivity index (χ3v) is 6.68. The molecule has 0 aromatic heterocycles. The van der Waals surface area contributed by atoms with Crippen molar-refractivity contribution in [2.75, 3.05) is 26.0 Å². The minimum atomic E-state index is -3.66. The second-order valence-corrected chi connectivity index (χ2v) is 8.09. The van der Waals surface area contributed by atoms with Gasteiger partial charge in [0.15, 0.2) is 0 Å². The van der Waals surface area contributed by atoms with Crippen LogP contribution in [0.5, 0.6) is 0 Å². The van der Waals surface area contributed by atoms with Crippen LogP contribution in [0.2, 0.25) is 0 Å². The summed E-state index contributed by atoms with van der Waals surface area (Å²) in [7, 11) is -2.41. The molecular formula is C13H21NO6S. The van der Waals surface area contributed by atoms with Crippen molar-refractivity contribution in [2.45, 2.75) is 26.2 Å². The molecule has 21 heavy (non-hydrogen) atoms. The first-order chi connectivity index (χ1) is 9.72. The van der Waals surface area contributed by atoms with Gasteiger partial charge in [0, 0.05) is 13.1 Å². The zero-order valence-electron chi connectivity index (χ0n) is 12.2. The number of sulfonamides is 1. The molecule has 1 aliphatic carbocycles. The molecule has 2 atom stereocenters. The van der Waals surface area contributed by atoms with E-state index in [-0.39, 0.29) is 24.8 Å². The Labute approximate surface area is 124 Å². The predicted octanol–water partition coefficient (Wildman–Crippen LogP) is 0.312. The van der Waals surface area contributed by atoms with Gasteiger partial charge in [-0.3, -0.25) is 9.59 Å². The minimum Gasteiger partial charge on any atom is -0.481 e. The molecule has 0 amide bonds. The second kappa shape index (κ2) is 5.57. The van der Waals surface area contributed by atoms with Crippen LogP contribution in [0.4, 0.5) is 0 Å². The molecule has 0 aromatic carbocycles. The van der Waals surface area contributed by atoms with E-state index in [9.17, 15) is 18.0 Å². The summed E-state index contributed by atoms with van der Waals surface area (Å²) in [6.07, 6.45) is 1.81. The normalized spacial score (nSPS) is 28.9. The van der Waals surface area contributed by atoms with Gasteiger partial charge in [0.25, 0.3) is 0 Å². The highest BCUT2D eigenvalue weighted by Gasteiger charge is 2.51. The van der Waals surface area contributed by atoms with Crippen LogP contribution >= 0.6 is 0 Å². The maximum Gasteiger partial charge on any atom is 0.312 e. The van der Waals surface area contributed by atoms with Crippen molar-refractivity contribution in [3.05, 3.63) is 0 Å². The Morgan fingerprint density at radius 3 is 2.33 bits per heavy atom. The van der Waals surface area contributed by atoms with Crippen LogP contribution in [-0.2, 0) is 24.3 Å².